The van der Waals surface area contributed by atoms with Crippen molar-refractivity contribution in [1.29, 1.82) is 0 Å². The van der Waals surface area contributed by atoms with E-state index < -0.39 is 49.5 Å². The summed E-state index contributed by atoms with van der Waals surface area (Å²) in [5.74, 6) is -0.369. The second-order valence-corrected chi connectivity index (χ2v) is 8.51. The summed E-state index contributed by atoms with van der Waals surface area (Å²) in [6.07, 6.45) is 8.64. The van der Waals surface area contributed by atoms with Crippen LogP contribution in [-0.2, 0) is 14.3 Å². The average Bonchev–Trinajstić information content (AvgIpc) is 2.79. The van der Waals surface area contributed by atoms with Gasteiger partial charge in [0.25, 0.3) is 0 Å². The van der Waals surface area contributed by atoms with E-state index in [1.54, 1.807) is 6.08 Å². The molecule has 0 aliphatic carbocycles. The zero-order valence-corrected chi connectivity index (χ0v) is 19.9. The molecule has 0 aromatic heterocycles. The molecule has 0 radical (unpaired) electrons. The quantitative estimate of drug-likeness (QED) is 0.143. The van der Waals surface area contributed by atoms with Crippen LogP contribution >= 0.6 is 0 Å². The third kappa shape index (κ3) is 11.6. The van der Waals surface area contributed by atoms with Crippen molar-refractivity contribution >= 4 is 5.91 Å². The van der Waals surface area contributed by atoms with Gasteiger partial charge in [-0.2, -0.15) is 0 Å². The van der Waals surface area contributed by atoms with Crippen LogP contribution in [0.15, 0.2) is 24.3 Å². The normalized spacial score (nSPS) is 27.8. The summed E-state index contributed by atoms with van der Waals surface area (Å²) in [6.45, 7) is 2.73. The molecule has 9 heteroatoms. The van der Waals surface area contributed by atoms with Crippen LogP contribution in [-0.4, -0.2) is 87.5 Å². The van der Waals surface area contributed by atoms with Gasteiger partial charge in [-0.25, -0.2) is 0 Å². The largest absolute Gasteiger partial charge is 0.394 e. The molecule has 1 saturated heterocycles. The Hall–Kier alpha value is -1.33. The number of hydrogen-bond donors (Lipinski definition) is 6. The smallest absolute Gasteiger partial charge is 0.217 e. The highest BCUT2D eigenvalue weighted by Gasteiger charge is 2.44. The minimum Gasteiger partial charge on any atom is -0.394 e. The van der Waals surface area contributed by atoms with Gasteiger partial charge in [-0.15, -0.1) is 0 Å². The van der Waals surface area contributed by atoms with Crippen LogP contribution < -0.4 is 5.32 Å². The molecule has 7 atom stereocenters. The van der Waals surface area contributed by atoms with Gasteiger partial charge in [0.15, 0.2) is 6.29 Å². The van der Waals surface area contributed by atoms with E-state index in [0.29, 0.717) is 0 Å². The molecule has 9 nitrogen and oxygen atoms in total. The molecular weight excluding hydrogens is 430 g/mol. The standard InChI is InChI=1S/C24H43NO8/c1-3-4-5-6-7-8-9-10-11-12-13-14-19(28)18(25-17(2)27)16-32-24-23(31)22(30)21(29)20(15-26)33-24/h9-10,13-14,18-24,26,28-31H,3-8,11-12,15-16H2,1-2H3,(H,25,27)/b10-9+,14-13+. The predicted octanol–water partition coefficient (Wildman–Crippen LogP) is 0.922. The SMILES string of the molecule is CCCCCCC/C=C/CC/C=C/C(O)C(COC1OC(CO)C(O)C(O)C1O)NC(C)=O. The first-order valence-corrected chi connectivity index (χ1v) is 12.0. The van der Waals surface area contributed by atoms with Crippen molar-refractivity contribution < 1.29 is 39.8 Å². The van der Waals surface area contributed by atoms with Crippen molar-refractivity contribution in [2.75, 3.05) is 13.2 Å². The van der Waals surface area contributed by atoms with Gasteiger partial charge >= 0.3 is 0 Å². The first-order chi connectivity index (χ1) is 15.8. The average molecular weight is 474 g/mol. The Morgan fingerprint density at radius 3 is 2.33 bits per heavy atom. The van der Waals surface area contributed by atoms with Crippen LogP contribution in [0.25, 0.3) is 0 Å². The molecule has 7 unspecified atom stereocenters. The van der Waals surface area contributed by atoms with Gasteiger partial charge in [-0.05, 0) is 25.7 Å². The molecule has 0 saturated carbocycles. The van der Waals surface area contributed by atoms with Crippen molar-refractivity contribution in [3.63, 3.8) is 0 Å². The molecule has 1 heterocycles. The molecule has 1 aliphatic rings. The van der Waals surface area contributed by atoms with E-state index in [-0.39, 0.29) is 12.5 Å². The van der Waals surface area contributed by atoms with Crippen LogP contribution in [0.5, 0.6) is 0 Å². The van der Waals surface area contributed by atoms with Crippen LogP contribution in [0, 0.1) is 0 Å². The number of allylic oxidation sites excluding steroid dienone is 3. The fourth-order valence-corrected chi connectivity index (χ4v) is 3.55. The maximum Gasteiger partial charge on any atom is 0.217 e. The lowest BCUT2D eigenvalue weighted by molar-refractivity contribution is -0.302. The Labute approximate surface area is 197 Å². The Morgan fingerprint density at radius 2 is 1.67 bits per heavy atom. The summed E-state index contributed by atoms with van der Waals surface area (Å²) in [6, 6.07) is -0.815. The van der Waals surface area contributed by atoms with Gasteiger partial charge in [0.2, 0.25) is 5.91 Å². The molecule has 6 N–H and O–H groups in total. The summed E-state index contributed by atoms with van der Waals surface area (Å²) < 4.78 is 10.7. The number of aliphatic hydroxyl groups is 5. The molecule has 1 rings (SSSR count). The predicted molar refractivity (Wildman–Crippen MR) is 124 cm³/mol. The summed E-state index contributed by atoms with van der Waals surface area (Å²) >= 11 is 0. The highest BCUT2D eigenvalue weighted by Crippen LogP contribution is 2.22. The maximum absolute atomic E-state index is 11.5. The molecule has 1 aliphatic heterocycles. The second-order valence-electron chi connectivity index (χ2n) is 8.51. The van der Waals surface area contributed by atoms with E-state index in [1.165, 1.54) is 39.0 Å². The lowest BCUT2D eigenvalue weighted by Gasteiger charge is -2.40. The summed E-state index contributed by atoms with van der Waals surface area (Å²) in [4.78, 5) is 11.5. The minimum atomic E-state index is -1.56. The van der Waals surface area contributed by atoms with Gasteiger partial charge in [0.05, 0.1) is 25.4 Å². The molecule has 0 aromatic carbocycles. The zero-order valence-electron chi connectivity index (χ0n) is 19.9. The zero-order chi connectivity index (χ0) is 24.6. The van der Waals surface area contributed by atoms with E-state index >= 15 is 0 Å². The van der Waals surface area contributed by atoms with Crippen molar-refractivity contribution in [1.82, 2.24) is 5.32 Å². The lowest BCUT2D eigenvalue weighted by Crippen LogP contribution is -2.60. The summed E-state index contributed by atoms with van der Waals surface area (Å²) in [7, 11) is 0. The van der Waals surface area contributed by atoms with Gasteiger partial charge in [0.1, 0.15) is 24.4 Å². The summed E-state index contributed by atoms with van der Waals surface area (Å²) in [5, 5.41) is 52.0. The number of ether oxygens (including phenoxy) is 2. The van der Waals surface area contributed by atoms with Gasteiger partial charge in [0, 0.05) is 6.92 Å². The molecule has 1 fully saturated rings. The number of hydrogen-bond acceptors (Lipinski definition) is 8. The first kappa shape index (κ1) is 29.7. The monoisotopic (exact) mass is 473 g/mol. The number of nitrogens with one attached hydrogen (secondary N) is 1. The van der Waals surface area contributed by atoms with Crippen LogP contribution in [0.2, 0.25) is 0 Å². The fourth-order valence-electron chi connectivity index (χ4n) is 3.55. The first-order valence-electron chi connectivity index (χ1n) is 12.0. The fraction of sp³-hybridized carbons (Fsp3) is 0.792. The molecule has 33 heavy (non-hydrogen) atoms. The van der Waals surface area contributed by atoms with Gasteiger partial charge in [-0.1, -0.05) is 56.9 Å². The summed E-state index contributed by atoms with van der Waals surface area (Å²) in [5.41, 5.74) is 0. The Morgan fingerprint density at radius 1 is 1.00 bits per heavy atom. The molecular formula is C24H43NO8. The van der Waals surface area contributed by atoms with Crippen molar-refractivity contribution in [2.24, 2.45) is 0 Å². The number of unbranched alkanes of at least 4 members (excludes halogenated alkanes) is 6. The number of amides is 1. The maximum atomic E-state index is 11.5. The number of carbonyl (C=O) groups excluding carboxylic acids is 1. The topological polar surface area (TPSA) is 149 Å². The van der Waals surface area contributed by atoms with E-state index in [0.717, 1.165) is 19.3 Å². The molecule has 0 spiro atoms. The van der Waals surface area contributed by atoms with Crippen LogP contribution in [0.1, 0.15) is 65.2 Å². The van der Waals surface area contributed by atoms with Gasteiger partial charge in [-0.3, -0.25) is 4.79 Å². The number of rotatable bonds is 16. The Kier molecular flexibility index (Phi) is 15.4. The highest BCUT2D eigenvalue weighted by molar-refractivity contribution is 5.73. The van der Waals surface area contributed by atoms with Crippen LogP contribution in [0.3, 0.4) is 0 Å². The van der Waals surface area contributed by atoms with E-state index in [2.05, 4.69) is 24.4 Å². The Bertz CT molecular complexity index is 583. The lowest BCUT2D eigenvalue weighted by atomic mass is 9.99. The van der Waals surface area contributed by atoms with Crippen LogP contribution in [0.4, 0.5) is 0 Å². The van der Waals surface area contributed by atoms with Crippen molar-refractivity contribution in [2.45, 2.75) is 108 Å². The number of aliphatic hydroxyl groups excluding tert-OH is 5. The molecule has 1 amide bonds. The molecule has 0 bridgehead atoms. The van der Waals surface area contributed by atoms with E-state index in [9.17, 15) is 30.3 Å². The van der Waals surface area contributed by atoms with E-state index in [1.807, 2.05) is 6.08 Å². The third-order valence-electron chi connectivity index (χ3n) is 5.56. The third-order valence-corrected chi connectivity index (χ3v) is 5.56. The second kappa shape index (κ2) is 17.2. The van der Waals surface area contributed by atoms with E-state index in [4.69, 9.17) is 9.47 Å². The van der Waals surface area contributed by atoms with Crippen molar-refractivity contribution in [3.8, 4) is 0 Å². The number of carbonyl (C=O) groups is 1. The highest BCUT2D eigenvalue weighted by atomic mass is 16.7. The Balaban J connectivity index is 2.45. The van der Waals surface area contributed by atoms with Crippen molar-refractivity contribution in [3.05, 3.63) is 24.3 Å². The van der Waals surface area contributed by atoms with Gasteiger partial charge < -0.3 is 40.3 Å². The molecule has 0 aromatic rings. The molecule has 192 valence electrons. The minimum absolute atomic E-state index is 0.217.